The lowest BCUT2D eigenvalue weighted by molar-refractivity contribution is -0.140. The summed E-state index contributed by atoms with van der Waals surface area (Å²) in [5, 5.41) is 3.63. The van der Waals surface area contributed by atoms with Gasteiger partial charge in [-0.2, -0.15) is 0 Å². The monoisotopic (exact) mass is 510 g/mol. The van der Waals surface area contributed by atoms with Crippen LogP contribution in [0, 0.1) is 5.92 Å². The summed E-state index contributed by atoms with van der Waals surface area (Å²) < 4.78 is 0.978. The summed E-state index contributed by atoms with van der Waals surface area (Å²) in [6.07, 6.45) is 0.353. The molecule has 2 rings (SSSR count). The highest BCUT2D eigenvalue weighted by atomic mass is 79.9. The van der Waals surface area contributed by atoms with Crippen molar-refractivity contribution in [2.24, 2.45) is 5.92 Å². The molecule has 0 saturated carbocycles. The number of thioether (sulfide) groups is 1. The fraction of sp³-hybridized carbons (Fsp3) is 0.391. The van der Waals surface area contributed by atoms with Crippen LogP contribution in [0.2, 0.25) is 5.02 Å². The highest BCUT2D eigenvalue weighted by molar-refractivity contribution is 9.10. The number of amides is 2. The molecule has 0 saturated heterocycles. The molecule has 0 radical (unpaired) electrons. The van der Waals surface area contributed by atoms with Crippen molar-refractivity contribution >= 4 is 51.1 Å². The maximum absolute atomic E-state index is 13.0. The first-order valence-corrected chi connectivity index (χ1v) is 12.1. The maximum Gasteiger partial charge on any atom is 0.242 e. The van der Waals surface area contributed by atoms with Crippen molar-refractivity contribution in [3.05, 3.63) is 63.6 Å². The predicted molar refractivity (Wildman–Crippen MR) is 129 cm³/mol. The van der Waals surface area contributed by atoms with Crippen LogP contribution in [-0.2, 0) is 16.1 Å². The second-order valence-corrected chi connectivity index (χ2v) is 10.0. The Morgan fingerprint density at radius 1 is 1.07 bits per heavy atom. The second-order valence-electron chi connectivity index (χ2n) is 7.52. The van der Waals surface area contributed by atoms with Crippen molar-refractivity contribution in [1.29, 1.82) is 0 Å². The van der Waals surface area contributed by atoms with Gasteiger partial charge in [-0.05, 0) is 54.8 Å². The van der Waals surface area contributed by atoms with Crippen LogP contribution in [0.3, 0.4) is 0 Å². The molecule has 1 atom stereocenters. The number of benzene rings is 2. The number of carbonyl (C=O) groups excluding carboxylic acids is 2. The minimum atomic E-state index is -0.541. The summed E-state index contributed by atoms with van der Waals surface area (Å²) >= 11 is 11.0. The smallest absolute Gasteiger partial charge is 0.242 e. The molecule has 2 aromatic carbocycles. The highest BCUT2D eigenvalue weighted by Gasteiger charge is 2.25. The van der Waals surface area contributed by atoms with E-state index in [1.165, 1.54) is 0 Å². The molecule has 0 aliphatic rings. The third kappa shape index (κ3) is 8.32. The molecule has 162 valence electrons. The van der Waals surface area contributed by atoms with Gasteiger partial charge in [0.25, 0.3) is 0 Å². The molecule has 2 aromatic rings. The van der Waals surface area contributed by atoms with Gasteiger partial charge in [0.15, 0.2) is 0 Å². The summed E-state index contributed by atoms with van der Waals surface area (Å²) in [5.41, 5.74) is 0.986. The minimum Gasteiger partial charge on any atom is -0.354 e. The third-order valence-corrected chi connectivity index (χ3v) is 6.31. The molecule has 0 bridgehead atoms. The van der Waals surface area contributed by atoms with Crippen LogP contribution in [-0.4, -0.2) is 35.1 Å². The van der Waals surface area contributed by atoms with Crippen LogP contribution in [0.4, 0.5) is 0 Å². The Balaban J connectivity index is 2.04. The zero-order valence-electron chi connectivity index (χ0n) is 17.5. The molecule has 1 N–H and O–H groups in total. The largest absolute Gasteiger partial charge is 0.354 e. The second kappa shape index (κ2) is 12.4. The standard InChI is InChI=1S/C23H28BrClN2O2S/c1-16(2)14-26-23(29)17(3)27(15-18-4-6-19(24)7-5-18)22(28)12-13-30-21-10-8-20(25)9-11-21/h4-11,16-17H,12-15H2,1-3H3,(H,26,29)/t17-/m1/s1. The molecular formula is C23H28BrClN2O2S. The van der Waals surface area contributed by atoms with Gasteiger partial charge in [0.05, 0.1) is 0 Å². The van der Waals surface area contributed by atoms with Crippen molar-refractivity contribution in [2.75, 3.05) is 12.3 Å². The first-order chi connectivity index (χ1) is 14.3. The van der Waals surface area contributed by atoms with Gasteiger partial charge < -0.3 is 10.2 Å². The zero-order chi connectivity index (χ0) is 22.1. The minimum absolute atomic E-state index is 0.0356. The van der Waals surface area contributed by atoms with Crippen LogP contribution in [0.25, 0.3) is 0 Å². The van der Waals surface area contributed by atoms with Gasteiger partial charge in [0, 0.05) is 39.7 Å². The number of hydrogen-bond donors (Lipinski definition) is 1. The van der Waals surface area contributed by atoms with Crippen LogP contribution in [0.15, 0.2) is 57.9 Å². The number of halogens is 2. The summed E-state index contributed by atoms with van der Waals surface area (Å²) in [6.45, 7) is 6.87. The van der Waals surface area contributed by atoms with E-state index < -0.39 is 6.04 Å². The average molecular weight is 512 g/mol. The van der Waals surface area contributed by atoms with Gasteiger partial charge in [-0.15, -0.1) is 11.8 Å². The van der Waals surface area contributed by atoms with E-state index in [4.69, 9.17) is 11.6 Å². The quantitative estimate of drug-likeness (QED) is 0.412. The van der Waals surface area contributed by atoms with Crippen molar-refractivity contribution in [2.45, 2.75) is 44.7 Å². The van der Waals surface area contributed by atoms with Crippen molar-refractivity contribution in [1.82, 2.24) is 10.2 Å². The van der Waals surface area contributed by atoms with E-state index >= 15 is 0 Å². The van der Waals surface area contributed by atoms with Gasteiger partial charge in [-0.1, -0.05) is 53.5 Å². The Morgan fingerprint density at radius 2 is 1.70 bits per heavy atom. The molecule has 0 aliphatic heterocycles. The molecule has 0 unspecified atom stereocenters. The van der Waals surface area contributed by atoms with Gasteiger partial charge >= 0.3 is 0 Å². The van der Waals surface area contributed by atoms with E-state index in [-0.39, 0.29) is 11.8 Å². The summed E-state index contributed by atoms with van der Waals surface area (Å²) in [5.74, 6) is 0.830. The van der Waals surface area contributed by atoms with Gasteiger partial charge in [-0.25, -0.2) is 0 Å². The Bertz CT molecular complexity index is 828. The molecule has 4 nitrogen and oxygen atoms in total. The van der Waals surface area contributed by atoms with Gasteiger partial charge in [0.1, 0.15) is 6.04 Å². The third-order valence-electron chi connectivity index (χ3n) is 4.52. The molecule has 0 aliphatic carbocycles. The Kier molecular flexibility index (Phi) is 10.2. The molecule has 30 heavy (non-hydrogen) atoms. The van der Waals surface area contributed by atoms with Crippen molar-refractivity contribution in [3.8, 4) is 0 Å². The number of carbonyl (C=O) groups is 2. The Labute approximate surface area is 196 Å². The maximum atomic E-state index is 13.0. The topological polar surface area (TPSA) is 49.4 Å². The Hall–Kier alpha value is -1.50. The van der Waals surface area contributed by atoms with E-state index in [0.717, 1.165) is 14.9 Å². The first kappa shape index (κ1) is 24.8. The summed E-state index contributed by atoms with van der Waals surface area (Å²) in [7, 11) is 0. The van der Waals surface area contributed by atoms with E-state index in [2.05, 4.69) is 21.2 Å². The molecule has 2 amide bonds. The average Bonchev–Trinajstić information content (AvgIpc) is 2.72. The SMILES string of the molecule is CC(C)CNC(=O)[C@@H](C)N(Cc1ccc(Br)cc1)C(=O)CCSc1ccc(Cl)cc1. The lowest BCUT2D eigenvalue weighted by atomic mass is 10.1. The Morgan fingerprint density at radius 3 is 2.30 bits per heavy atom. The molecule has 0 heterocycles. The lowest BCUT2D eigenvalue weighted by Crippen LogP contribution is -2.48. The lowest BCUT2D eigenvalue weighted by Gasteiger charge is -2.29. The van der Waals surface area contributed by atoms with Crippen LogP contribution in [0.5, 0.6) is 0 Å². The van der Waals surface area contributed by atoms with E-state index in [1.807, 2.05) is 62.4 Å². The van der Waals surface area contributed by atoms with Gasteiger partial charge in [0.2, 0.25) is 11.8 Å². The normalized spacial score (nSPS) is 11.9. The number of nitrogens with zero attached hydrogens (tertiary/aromatic N) is 1. The molecule has 0 fully saturated rings. The van der Waals surface area contributed by atoms with Crippen molar-refractivity contribution < 1.29 is 9.59 Å². The molecular weight excluding hydrogens is 484 g/mol. The predicted octanol–water partition coefficient (Wildman–Crippen LogP) is 5.77. The van der Waals surface area contributed by atoms with Crippen LogP contribution >= 0.6 is 39.3 Å². The van der Waals surface area contributed by atoms with E-state index in [0.29, 0.717) is 36.2 Å². The fourth-order valence-corrected chi connectivity index (χ4v) is 3.98. The zero-order valence-corrected chi connectivity index (χ0v) is 20.7. The first-order valence-electron chi connectivity index (χ1n) is 9.96. The van der Waals surface area contributed by atoms with E-state index in [1.54, 1.807) is 23.6 Å². The number of nitrogens with one attached hydrogen (secondary N) is 1. The van der Waals surface area contributed by atoms with E-state index in [9.17, 15) is 9.59 Å². The summed E-state index contributed by atoms with van der Waals surface area (Å²) in [4.78, 5) is 28.4. The number of rotatable bonds is 10. The van der Waals surface area contributed by atoms with Crippen LogP contribution in [0.1, 0.15) is 32.8 Å². The molecule has 7 heteroatoms. The molecule has 0 aromatic heterocycles. The fourth-order valence-electron chi connectivity index (χ4n) is 2.75. The highest BCUT2D eigenvalue weighted by Crippen LogP contribution is 2.22. The summed E-state index contributed by atoms with van der Waals surface area (Å²) in [6, 6.07) is 14.8. The molecule has 0 spiro atoms. The van der Waals surface area contributed by atoms with Crippen LogP contribution < -0.4 is 5.32 Å². The van der Waals surface area contributed by atoms with Crippen molar-refractivity contribution in [3.63, 3.8) is 0 Å². The number of hydrogen-bond acceptors (Lipinski definition) is 3. The van der Waals surface area contributed by atoms with Gasteiger partial charge in [-0.3, -0.25) is 9.59 Å².